The van der Waals surface area contributed by atoms with E-state index >= 15 is 0 Å². The first kappa shape index (κ1) is 14.0. The average molecular weight is 285 g/mol. The van der Waals surface area contributed by atoms with Gasteiger partial charge in [0.15, 0.2) is 0 Å². The Kier molecular flexibility index (Phi) is 4.02. The van der Waals surface area contributed by atoms with Crippen molar-refractivity contribution in [2.45, 2.75) is 19.3 Å². The fraction of sp³-hybridized carbons (Fsp3) is 0.250. The summed E-state index contributed by atoms with van der Waals surface area (Å²) in [6.45, 7) is -0.641. The predicted molar refractivity (Wildman–Crippen MR) is 61.3 cm³/mol. The molecule has 106 valence electrons. The Balaban J connectivity index is 1.99. The molecular formula is C12H10F3N3O2. The minimum atomic E-state index is -4.48. The molecule has 0 spiro atoms. The molecule has 0 aliphatic heterocycles. The predicted octanol–water partition coefficient (Wildman–Crippen LogP) is 2.04. The average Bonchev–Trinajstić information content (AvgIpc) is 2.88. The Morgan fingerprint density at radius 1 is 1.30 bits per heavy atom. The summed E-state index contributed by atoms with van der Waals surface area (Å²) >= 11 is 0. The summed E-state index contributed by atoms with van der Waals surface area (Å²) < 4.78 is 44.2. The minimum Gasteiger partial charge on any atom is -0.459 e. The Morgan fingerprint density at radius 2 is 2.05 bits per heavy atom. The van der Waals surface area contributed by atoms with Crippen LogP contribution in [0.4, 0.5) is 13.2 Å². The number of ether oxygens (including phenoxy) is 1. The van der Waals surface area contributed by atoms with Gasteiger partial charge < -0.3 is 4.74 Å². The van der Waals surface area contributed by atoms with E-state index in [9.17, 15) is 18.0 Å². The zero-order valence-corrected chi connectivity index (χ0v) is 10.2. The molecule has 20 heavy (non-hydrogen) atoms. The second-order valence-corrected chi connectivity index (χ2v) is 3.91. The molecule has 0 atom stereocenters. The number of esters is 1. The van der Waals surface area contributed by atoms with Gasteiger partial charge in [-0.15, -0.1) is 0 Å². The van der Waals surface area contributed by atoms with E-state index in [1.807, 2.05) is 0 Å². The summed E-state index contributed by atoms with van der Waals surface area (Å²) in [6, 6.07) is 4.95. The van der Waals surface area contributed by atoms with Crippen molar-refractivity contribution in [3.8, 4) is 0 Å². The summed E-state index contributed by atoms with van der Waals surface area (Å²) in [5, 5.41) is 3.69. The molecule has 1 aromatic carbocycles. The topological polar surface area (TPSA) is 57.0 Å². The van der Waals surface area contributed by atoms with Crippen LogP contribution in [0.25, 0.3) is 0 Å². The van der Waals surface area contributed by atoms with Crippen molar-refractivity contribution in [1.29, 1.82) is 0 Å². The number of rotatable bonds is 4. The number of aromatic nitrogens is 3. The van der Waals surface area contributed by atoms with E-state index in [-0.39, 0.29) is 12.1 Å². The van der Waals surface area contributed by atoms with Gasteiger partial charge in [0.1, 0.15) is 25.8 Å². The quantitative estimate of drug-likeness (QED) is 0.807. The lowest BCUT2D eigenvalue weighted by atomic mass is 10.1. The summed E-state index contributed by atoms with van der Waals surface area (Å²) in [7, 11) is 0. The number of halogens is 3. The van der Waals surface area contributed by atoms with Crippen LogP contribution in [0.3, 0.4) is 0 Å². The summed E-state index contributed by atoms with van der Waals surface area (Å²) in [4.78, 5) is 15.1. The van der Waals surface area contributed by atoms with Crippen LogP contribution < -0.4 is 0 Å². The largest absolute Gasteiger partial charge is 0.459 e. The third-order valence-corrected chi connectivity index (χ3v) is 2.47. The van der Waals surface area contributed by atoms with Gasteiger partial charge in [-0.25, -0.2) is 9.67 Å². The van der Waals surface area contributed by atoms with Crippen LogP contribution in [0.2, 0.25) is 0 Å². The lowest BCUT2D eigenvalue weighted by Crippen LogP contribution is -2.16. The van der Waals surface area contributed by atoms with E-state index in [4.69, 9.17) is 4.74 Å². The zero-order chi connectivity index (χ0) is 14.6. The van der Waals surface area contributed by atoms with Crippen molar-refractivity contribution in [3.05, 3.63) is 48.0 Å². The number of carbonyl (C=O) groups excluding carboxylic acids is 1. The first-order valence-corrected chi connectivity index (χ1v) is 5.60. The molecule has 0 bridgehead atoms. The third-order valence-electron chi connectivity index (χ3n) is 2.47. The Labute approximate surface area is 112 Å². The van der Waals surface area contributed by atoms with Crippen molar-refractivity contribution >= 4 is 5.97 Å². The highest BCUT2D eigenvalue weighted by molar-refractivity contribution is 5.69. The van der Waals surface area contributed by atoms with Gasteiger partial charge in [0.05, 0.1) is 5.56 Å². The lowest BCUT2D eigenvalue weighted by molar-refractivity contribution is -0.148. The minimum absolute atomic E-state index is 0.0908. The molecule has 2 aromatic rings. The van der Waals surface area contributed by atoms with E-state index < -0.39 is 24.3 Å². The van der Waals surface area contributed by atoms with Crippen molar-refractivity contribution in [1.82, 2.24) is 14.8 Å². The second kappa shape index (κ2) is 5.72. The summed E-state index contributed by atoms with van der Waals surface area (Å²) in [6.07, 6.45) is -1.92. The number of hydrogen-bond acceptors (Lipinski definition) is 4. The van der Waals surface area contributed by atoms with Gasteiger partial charge in [-0.05, 0) is 6.07 Å². The molecule has 8 heteroatoms. The van der Waals surface area contributed by atoms with Crippen LogP contribution in [-0.4, -0.2) is 20.7 Å². The molecule has 0 saturated heterocycles. The molecular weight excluding hydrogens is 275 g/mol. The Bertz CT molecular complexity index is 582. The van der Waals surface area contributed by atoms with E-state index in [1.54, 1.807) is 0 Å². The van der Waals surface area contributed by atoms with E-state index in [0.29, 0.717) is 0 Å². The first-order chi connectivity index (χ1) is 9.47. The number of hydrogen-bond donors (Lipinski definition) is 0. The normalized spacial score (nSPS) is 11.3. The Morgan fingerprint density at radius 3 is 2.70 bits per heavy atom. The summed E-state index contributed by atoms with van der Waals surface area (Å²) in [5.41, 5.74) is -0.902. The smallest absolute Gasteiger partial charge is 0.416 e. The van der Waals surface area contributed by atoms with E-state index in [0.717, 1.165) is 6.07 Å². The molecule has 0 amide bonds. The molecule has 2 rings (SSSR count). The number of nitrogens with zero attached hydrogens (tertiary/aromatic N) is 3. The highest BCUT2D eigenvalue weighted by atomic mass is 19.4. The molecule has 0 unspecified atom stereocenters. The summed E-state index contributed by atoms with van der Waals surface area (Å²) in [5.74, 6) is -0.688. The maximum absolute atomic E-state index is 12.7. The van der Waals surface area contributed by atoms with Crippen LogP contribution in [0.5, 0.6) is 0 Å². The molecule has 0 N–H and O–H groups in total. The van der Waals surface area contributed by atoms with Crippen LogP contribution in [-0.2, 0) is 28.9 Å². The number of benzene rings is 1. The number of alkyl halides is 3. The molecule has 0 fully saturated rings. The molecule has 0 saturated carbocycles. The van der Waals surface area contributed by atoms with Gasteiger partial charge in [0, 0.05) is 5.56 Å². The van der Waals surface area contributed by atoms with Gasteiger partial charge in [-0.3, -0.25) is 4.79 Å². The van der Waals surface area contributed by atoms with Gasteiger partial charge in [0.2, 0.25) is 0 Å². The maximum atomic E-state index is 12.7. The SMILES string of the molecule is O=C(Cn1cncn1)OCc1ccccc1C(F)(F)F. The zero-order valence-electron chi connectivity index (χ0n) is 10.2. The van der Waals surface area contributed by atoms with Crippen molar-refractivity contribution in [2.24, 2.45) is 0 Å². The van der Waals surface area contributed by atoms with Crippen molar-refractivity contribution in [2.75, 3.05) is 0 Å². The molecule has 0 radical (unpaired) electrons. The third kappa shape index (κ3) is 3.56. The highest BCUT2D eigenvalue weighted by Gasteiger charge is 2.33. The van der Waals surface area contributed by atoms with Crippen molar-refractivity contribution in [3.63, 3.8) is 0 Å². The van der Waals surface area contributed by atoms with E-state index in [2.05, 4.69) is 10.1 Å². The van der Waals surface area contributed by atoms with Crippen LogP contribution in [0.15, 0.2) is 36.9 Å². The first-order valence-electron chi connectivity index (χ1n) is 5.60. The van der Waals surface area contributed by atoms with Crippen LogP contribution >= 0.6 is 0 Å². The molecule has 1 aromatic heterocycles. The Hall–Kier alpha value is -2.38. The number of carbonyl (C=O) groups is 1. The maximum Gasteiger partial charge on any atom is 0.416 e. The fourth-order valence-electron chi connectivity index (χ4n) is 1.57. The van der Waals surface area contributed by atoms with Gasteiger partial charge >= 0.3 is 12.1 Å². The van der Waals surface area contributed by atoms with Crippen molar-refractivity contribution < 1.29 is 22.7 Å². The van der Waals surface area contributed by atoms with Gasteiger partial charge in [0.25, 0.3) is 0 Å². The molecule has 0 aliphatic carbocycles. The van der Waals surface area contributed by atoms with Crippen LogP contribution in [0, 0.1) is 0 Å². The van der Waals surface area contributed by atoms with E-state index in [1.165, 1.54) is 35.5 Å². The highest BCUT2D eigenvalue weighted by Crippen LogP contribution is 2.32. The van der Waals surface area contributed by atoms with Gasteiger partial charge in [-0.1, -0.05) is 18.2 Å². The lowest BCUT2D eigenvalue weighted by Gasteiger charge is -2.12. The van der Waals surface area contributed by atoms with Crippen LogP contribution in [0.1, 0.15) is 11.1 Å². The fourth-order valence-corrected chi connectivity index (χ4v) is 1.57. The van der Waals surface area contributed by atoms with Gasteiger partial charge in [-0.2, -0.15) is 18.3 Å². The molecule has 1 heterocycles. The molecule has 0 aliphatic rings. The second-order valence-electron chi connectivity index (χ2n) is 3.91. The monoisotopic (exact) mass is 285 g/mol. The molecule has 5 nitrogen and oxygen atoms in total. The standard InChI is InChI=1S/C12H10F3N3O2/c13-12(14,15)10-4-2-1-3-9(10)6-20-11(19)5-18-8-16-7-17-18/h1-4,7-8H,5-6H2.